The average molecular weight is 364 g/mol. The Kier molecular flexibility index (Phi) is 4.83. The molecule has 2 heterocycles. The van der Waals surface area contributed by atoms with Crippen molar-refractivity contribution < 1.29 is 13.2 Å². The van der Waals surface area contributed by atoms with E-state index in [4.69, 9.17) is 0 Å². The predicted molar refractivity (Wildman–Crippen MR) is 96.9 cm³/mol. The maximum absolute atomic E-state index is 12.9. The summed E-state index contributed by atoms with van der Waals surface area (Å²) in [5, 5.41) is 3.36. The van der Waals surface area contributed by atoms with E-state index in [0.717, 1.165) is 12.1 Å². The summed E-state index contributed by atoms with van der Waals surface area (Å²) in [6, 6.07) is 7.74. The molecule has 1 amide bonds. The minimum atomic E-state index is -3.25. The summed E-state index contributed by atoms with van der Waals surface area (Å²) < 4.78 is 25.2. The topological polar surface area (TPSA) is 84.3 Å². The van der Waals surface area contributed by atoms with E-state index in [0.29, 0.717) is 17.9 Å². The molecule has 8 heteroatoms. The minimum Gasteiger partial charge on any atom is -0.336 e. The standard InChI is InChI=1S/C17H24N4O3S/c1-12-13(2)20(9-8-18-12)17(22)10-21-15-7-5-4-6-14(15)19-16(21)11-25(3,23)24/h4-7,12-13,18H,8-11H2,1-3H3. The Morgan fingerprint density at radius 3 is 2.76 bits per heavy atom. The zero-order valence-corrected chi connectivity index (χ0v) is 15.6. The summed E-state index contributed by atoms with van der Waals surface area (Å²) in [5.41, 5.74) is 1.49. The van der Waals surface area contributed by atoms with Gasteiger partial charge in [0.1, 0.15) is 18.1 Å². The van der Waals surface area contributed by atoms with E-state index in [-0.39, 0.29) is 30.3 Å². The van der Waals surface area contributed by atoms with Crippen molar-refractivity contribution in [2.45, 2.75) is 38.2 Å². The lowest BCUT2D eigenvalue weighted by atomic mass is 10.1. The van der Waals surface area contributed by atoms with Crippen LogP contribution in [0, 0.1) is 0 Å². The lowest BCUT2D eigenvalue weighted by Gasteiger charge is -2.38. The average Bonchev–Trinajstić information content (AvgIpc) is 2.85. The highest BCUT2D eigenvalue weighted by Gasteiger charge is 2.29. The van der Waals surface area contributed by atoms with Crippen LogP contribution in [0.3, 0.4) is 0 Å². The third-order valence-corrected chi connectivity index (χ3v) is 5.56. The molecule has 1 aliphatic rings. The molecule has 1 aromatic heterocycles. The van der Waals surface area contributed by atoms with E-state index in [1.807, 2.05) is 36.1 Å². The monoisotopic (exact) mass is 364 g/mol. The minimum absolute atomic E-state index is 0.0150. The number of sulfone groups is 1. The number of nitrogens with zero attached hydrogens (tertiary/aromatic N) is 3. The second-order valence-electron chi connectivity index (χ2n) is 6.74. The Labute approximate surface area is 147 Å². The van der Waals surface area contributed by atoms with Crippen molar-refractivity contribution in [3.8, 4) is 0 Å². The molecule has 2 aromatic rings. The van der Waals surface area contributed by atoms with E-state index in [1.54, 1.807) is 4.57 Å². The Morgan fingerprint density at radius 2 is 2.04 bits per heavy atom. The van der Waals surface area contributed by atoms with Crippen molar-refractivity contribution in [3.63, 3.8) is 0 Å². The molecule has 0 radical (unpaired) electrons. The Balaban J connectivity index is 1.94. The zero-order chi connectivity index (χ0) is 18.2. The van der Waals surface area contributed by atoms with Crippen LogP contribution in [0.15, 0.2) is 24.3 Å². The normalized spacial score (nSPS) is 21.6. The molecule has 1 aromatic carbocycles. The van der Waals surface area contributed by atoms with Gasteiger partial charge in [0, 0.05) is 31.4 Å². The predicted octanol–water partition coefficient (Wildman–Crippen LogP) is 0.790. The van der Waals surface area contributed by atoms with Crippen LogP contribution in [0.4, 0.5) is 0 Å². The highest BCUT2D eigenvalue weighted by molar-refractivity contribution is 7.89. The fourth-order valence-corrected chi connectivity index (χ4v) is 3.97. The van der Waals surface area contributed by atoms with Crippen molar-refractivity contribution >= 4 is 26.8 Å². The number of hydrogen-bond acceptors (Lipinski definition) is 5. The molecular weight excluding hydrogens is 340 g/mol. The smallest absolute Gasteiger partial charge is 0.242 e. The summed E-state index contributed by atoms with van der Waals surface area (Å²) in [4.78, 5) is 19.2. The van der Waals surface area contributed by atoms with Gasteiger partial charge < -0.3 is 14.8 Å². The number of amides is 1. The molecule has 1 fully saturated rings. The van der Waals surface area contributed by atoms with Gasteiger partial charge in [-0.3, -0.25) is 4.79 Å². The molecular formula is C17H24N4O3S. The molecule has 0 aliphatic carbocycles. The first-order chi connectivity index (χ1) is 11.8. The molecule has 2 unspecified atom stereocenters. The largest absolute Gasteiger partial charge is 0.336 e. The molecule has 0 bridgehead atoms. The zero-order valence-electron chi connectivity index (χ0n) is 14.8. The molecule has 1 saturated heterocycles. The first kappa shape index (κ1) is 17.9. The van der Waals surface area contributed by atoms with Crippen LogP contribution in [-0.2, 0) is 26.9 Å². The molecule has 3 rings (SSSR count). The molecule has 136 valence electrons. The summed E-state index contributed by atoms with van der Waals surface area (Å²) in [6.45, 7) is 5.60. The van der Waals surface area contributed by atoms with Gasteiger partial charge in [-0.2, -0.15) is 0 Å². The van der Waals surface area contributed by atoms with Crippen molar-refractivity contribution in [1.29, 1.82) is 0 Å². The van der Waals surface area contributed by atoms with E-state index >= 15 is 0 Å². The third-order valence-electron chi connectivity index (χ3n) is 4.77. The fraction of sp³-hybridized carbons (Fsp3) is 0.529. The number of rotatable bonds is 4. The van der Waals surface area contributed by atoms with Gasteiger partial charge in [-0.15, -0.1) is 0 Å². The van der Waals surface area contributed by atoms with Crippen LogP contribution in [0.5, 0.6) is 0 Å². The fourth-order valence-electron chi connectivity index (χ4n) is 3.28. The number of carbonyl (C=O) groups excluding carboxylic acids is 1. The summed E-state index contributed by atoms with van der Waals surface area (Å²) in [6.07, 6.45) is 1.18. The SMILES string of the molecule is CC1NCCN(C(=O)Cn2c(CS(C)(=O)=O)nc3ccccc32)C1C. The Morgan fingerprint density at radius 1 is 1.32 bits per heavy atom. The lowest BCUT2D eigenvalue weighted by Crippen LogP contribution is -2.57. The number of para-hydroxylation sites is 2. The van der Waals surface area contributed by atoms with Crippen molar-refractivity contribution in [3.05, 3.63) is 30.1 Å². The summed E-state index contributed by atoms with van der Waals surface area (Å²) in [5.74, 6) is 0.217. The second-order valence-corrected chi connectivity index (χ2v) is 8.88. The van der Waals surface area contributed by atoms with Gasteiger partial charge >= 0.3 is 0 Å². The molecule has 1 N–H and O–H groups in total. The van der Waals surface area contributed by atoms with Crippen LogP contribution in [0.1, 0.15) is 19.7 Å². The number of fused-ring (bicyclic) bond motifs is 1. The first-order valence-electron chi connectivity index (χ1n) is 8.41. The Hall–Kier alpha value is -1.93. The number of hydrogen-bond donors (Lipinski definition) is 1. The van der Waals surface area contributed by atoms with E-state index < -0.39 is 9.84 Å². The number of benzene rings is 1. The number of aromatic nitrogens is 2. The maximum atomic E-state index is 12.9. The van der Waals surface area contributed by atoms with Crippen LogP contribution in [0.2, 0.25) is 0 Å². The molecule has 0 spiro atoms. The molecule has 0 saturated carbocycles. The summed E-state index contributed by atoms with van der Waals surface area (Å²) >= 11 is 0. The van der Waals surface area contributed by atoms with Gasteiger partial charge in [0.2, 0.25) is 5.91 Å². The van der Waals surface area contributed by atoms with Crippen LogP contribution in [0.25, 0.3) is 11.0 Å². The van der Waals surface area contributed by atoms with Crippen LogP contribution >= 0.6 is 0 Å². The van der Waals surface area contributed by atoms with Crippen molar-refractivity contribution in [2.75, 3.05) is 19.3 Å². The molecule has 2 atom stereocenters. The summed E-state index contributed by atoms with van der Waals surface area (Å²) in [7, 11) is -3.25. The number of imidazole rings is 1. The maximum Gasteiger partial charge on any atom is 0.242 e. The van der Waals surface area contributed by atoms with Gasteiger partial charge in [-0.1, -0.05) is 12.1 Å². The van der Waals surface area contributed by atoms with Crippen molar-refractivity contribution in [2.24, 2.45) is 0 Å². The van der Waals surface area contributed by atoms with E-state index in [2.05, 4.69) is 17.2 Å². The van der Waals surface area contributed by atoms with E-state index in [1.165, 1.54) is 6.26 Å². The quantitative estimate of drug-likeness (QED) is 0.867. The molecule has 25 heavy (non-hydrogen) atoms. The highest BCUT2D eigenvalue weighted by atomic mass is 32.2. The second kappa shape index (κ2) is 6.76. The van der Waals surface area contributed by atoms with Gasteiger partial charge in [0.15, 0.2) is 9.84 Å². The van der Waals surface area contributed by atoms with Crippen LogP contribution in [-0.4, -0.2) is 60.2 Å². The van der Waals surface area contributed by atoms with Gasteiger partial charge in [-0.05, 0) is 26.0 Å². The first-order valence-corrected chi connectivity index (χ1v) is 10.5. The number of nitrogens with one attached hydrogen (secondary N) is 1. The van der Waals surface area contributed by atoms with Gasteiger partial charge in [0.25, 0.3) is 0 Å². The third kappa shape index (κ3) is 3.85. The van der Waals surface area contributed by atoms with Crippen molar-refractivity contribution in [1.82, 2.24) is 19.8 Å². The molecule has 1 aliphatic heterocycles. The highest BCUT2D eigenvalue weighted by Crippen LogP contribution is 2.19. The van der Waals surface area contributed by atoms with Gasteiger partial charge in [0.05, 0.1) is 11.0 Å². The van der Waals surface area contributed by atoms with Gasteiger partial charge in [-0.25, -0.2) is 13.4 Å². The Bertz CT molecular complexity index is 890. The van der Waals surface area contributed by atoms with E-state index in [9.17, 15) is 13.2 Å². The lowest BCUT2D eigenvalue weighted by molar-refractivity contribution is -0.135. The molecule has 7 nitrogen and oxygen atoms in total. The number of piperazine rings is 1. The van der Waals surface area contributed by atoms with Crippen LogP contribution < -0.4 is 5.32 Å². The number of carbonyl (C=O) groups is 1.